The minimum Gasteiger partial charge on any atom is -0.354 e. The zero-order valence-electron chi connectivity index (χ0n) is 16.8. The van der Waals surface area contributed by atoms with Gasteiger partial charge in [0.05, 0.1) is 6.54 Å². The summed E-state index contributed by atoms with van der Waals surface area (Å²) in [5.74, 6) is 0.721. The van der Waals surface area contributed by atoms with Gasteiger partial charge in [-0.25, -0.2) is 0 Å². The molecule has 6 nitrogen and oxygen atoms in total. The molecule has 0 saturated carbocycles. The second-order valence-electron chi connectivity index (χ2n) is 6.71. The molecule has 0 saturated heterocycles. The average Bonchev–Trinajstić information content (AvgIpc) is 2.67. The van der Waals surface area contributed by atoms with Crippen LogP contribution in [0.2, 0.25) is 0 Å². The Morgan fingerprint density at radius 3 is 2.77 bits per heavy atom. The first-order chi connectivity index (χ1) is 12.6. The van der Waals surface area contributed by atoms with Gasteiger partial charge in [0.2, 0.25) is 5.91 Å². The normalized spacial score (nSPS) is 12.5. The molecule has 1 heterocycles. The van der Waals surface area contributed by atoms with Crippen LogP contribution in [0.25, 0.3) is 0 Å². The van der Waals surface area contributed by atoms with Crippen LogP contribution < -0.4 is 10.6 Å². The molecule has 0 radical (unpaired) electrons. The quantitative estimate of drug-likeness (QED) is 0.361. The Labute approximate surface area is 158 Å². The van der Waals surface area contributed by atoms with E-state index in [1.165, 1.54) is 25.7 Å². The van der Waals surface area contributed by atoms with Gasteiger partial charge in [0.15, 0.2) is 5.96 Å². The number of pyridine rings is 1. The van der Waals surface area contributed by atoms with Crippen LogP contribution in [-0.4, -0.2) is 55.0 Å². The van der Waals surface area contributed by atoms with Crippen LogP contribution in [0.15, 0.2) is 29.4 Å². The van der Waals surface area contributed by atoms with Crippen molar-refractivity contribution >= 4 is 11.9 Å². The Hall–Kier alpha value is -2.11. The SMILES string of the molecule is CCCCCCC(C)NC(=NC)NCC(=O)N(C)CCc1ccccn1. The van der Waals surface area contributed by atoms with E-state index in [1.807, 2.05) is 25.2 Å². The molecule has 6 heteroatoms. The van der Waals surface area contributed by atoms with E-state index < -0.39 is 0 Å². The van der Waals surface area contributed by atoms with Crippen molar-refractivity contribution in [2.45, 2.75) is 58.4 Å². The van der Waals surface area contributed by atoms with Crippen LogP contribution in [0.5, 0.6) is 0 Å². The Morgan fingerprint density at radius 1 is 1.31 bits per heavy atom. The molecule has 0 aliphatic heterocycles. The third-order valence-electron chi connectivity index (χ3n) is 4.36. The highest BCUT2D eigenvalue weighted by molar-refractivity contribution is 5.86. The molecular weight excluding hydrogens is 326 g/mol. The van der Waals surface area contributed by atoms with Crippen LogP contribution in [0.4, 0.5) is 0 Å². The number of likely N-dealkylation sites (N-methyl/N-ethyl adjacent to an activating group) is 1. The fraction of sp³-hybridized carbons (Fsp3) is 0.650. The summed E-state index contributed by atoms with van der Waals surface area (Å²) in [5, 5.41) is 6.47. The standard InChI is InChI=1S/C20H35N5O/c1-5-6-7-8-11-17(2)24-20(21-3)23-16-19(26)25(4)15-13-18-12-9-10-14-22-18/h9-10,12,14,17H,5-8,11,13,15-16H2,1-4H3,(H2,21,23,24). The lowest BCUT2D eigenvalue weighted by molar-refractivity contribution is -0.128. The fourth-order valence-corrected chi connectivity index (χ4v) is 2.62. The van der Waals surface area contributed by atoms with Gasteiger partial charge in [-0.2, -0.15) is 0 Å². The lowest BCUT2D eigenvalue weighted by Crippen LogP contribution is -2.46. The van der Waals surface area contributed by atoms with Crippen LogP contribution >= 0.6 is 0 Å². The first-order valence-electron chi connectivity index (χ1n) is 9.67. The molecule has 1 amide bonds. The lowest BCUT2D eigenvalue weighted by Gasteiger charge is -2.20. The van der Waals surface area contributed by atoms with Crippen LogP contribution in [0.1, 0.15) is 51.6 Å². The van der Waals surface area contributed by atoms with Crippen LogP contribution in [-0.2, 0) is 11.2 Å². The van der Waals surface area contributed by atoms with E-state index in [1.54, 1.807) is 18.1 Å². The van der Waals surface area contributed by atoms with Crippen molar-refractivity contribution in [1.82, 2.24) is 20.5 Å². The number of nitrogens with zero attached hydrogens (tertiary/aromatic N) is 3. The van der Waals surface area contributed by atoms with Crippen LogP contribution in [0.3, 0.4) is 0 Å². The number of carbonyl (C=O) groups is 1. The van der Waals surface area contributed by atoms with Gasteiger partial charge in [-0.1, -0.05) is 38.7 Å². The second-order valence-corrected chi connectivity index (χ2v) is 6.71. The molecule has 1 atom stereocenters. The largest absolute Gasteiger partial charge is 0.354 e. The van der Waals surface area contributed by atoms with E-state index in [-0.39, 0.29) is 12.5 Å². The van der Waals surface area contributed by atoms with Crippen molar-refractivity contribution in [3.63, 3.8) is 0 Å². The molecule has 0 fully saturated rings. The third kappa shape index (κ3) is 9.39. The average molecular weight is 362 g/mol. The lowest BCUT2D eigenvalue weighted by atomic mass is 10.1. The molecule has 1 aromatic rings. The van der Waals surface area contributed by atoms with Gasteiger partial charge in [0.1, 0.15) is 0 Å². The summed E-state index contributed by atoms with van der Waals surface area (Å²) < 4.78 is 0. The molecule has 0 spiro atoms. The zero-order chi connectivity index (χ0) is 19.2. The minimum absolute atomic E-state index is 0.0412. The molecule has 146 valence electrons. The third-order valence-corrected chi connectivity index (χ3v) is 4.36. The van der Waals surface area contributed by atoms with Gasteiger partial charge >= 0.3 is 0 Å². The highest BCUT2D eigenvalue weighted by Gasteiger charge is 2.11. The van der Waals surface area contributed by atoms with Crippen molar-refractivity contribution < 1.29 is 4.79 Å². The number of guanidine groups is 1. The number of amides is 1. The Bertz CT molecular complexity index is 532. The summed E-state index contributed by atoms with van der Waals surface area (Å²) >= 11 is 0. The minimum atomic E-state index is 0.0412. The number of hydrogen-bond donors (Lipinski definition) is 2. The van der Waals surface area contributed by atoms with Gasteiger partial charge in [-0.3, -0.25) is 14.8 Å². The predicted octanol–water partition coefficient (Wildman–Crippen LogP) is 2.61. The van der Waals surface area contributed by atoms with E-state index in [4.69, 9.17) is 0 Å². The molecule has 1 unspecified atom stereocenters. The van der Waals surface area contributed by atoms with E-state index in [9.17, 15) is 4.79 Å². The summed E-state index contributed by atoms with van der Waals surface area (Å²) in [6.07, 6.45) is 8.67. The smallest absolute Gasteiger partial charge is 0.241 e. The number of rotatable bonds is 11. The summed E-state index contributed by atoms with van der Waals surface area (Å²) in [6.45, 7) is 5.26. The van der Waals surface area contributed by atoms with E-state index in [0.717, 1.165) is 18.5 Å². The number of carbonyl (C=O) groups excluding carboxylic acids is 1. The van der Waals surface area contributed by atoms with Gasteiger partial charge in [-0.15, -0.1) is 0 Å². The molecule has 1 rings (SSSR count). The molecule has 0 aliphatic rings. The fourth-order valence-electron chi connectivity index (χ4n) is 2.62. The Kier molecular flexibility index (Phi) is 11.1. The molecule has 2 N–H and O–H groups in total. The monoisotopic (exact) mass is 361 g/mol. The van der Waals surface area contributed by atoms with E-state index >= 15 is 0 Å². The summed E-state index contributed by atoms with van der Waals surface area (Å²) in [7, 11) is 3.55. The van der Waals surface area contributed by atoms with Gasteiger partial charge in [-0.05, 0) is 25.5 Å². The molecular formula is C20H35N5O. The Balaban J connectivity index is 2.27. The number of unbranched alkanes of at least 4 members (excludes halogenated alkanes) is 3. The predicted molar refractivity (Wildman–Crippen MR) is 108 cm³/mol. The Morgan fingerprint density at radius 2 is 2.12 bits per heavy atom. The molecule has 26 heavy (non-hydrogen) atoms. The number of hydrogen-bond acceptors (Lipinski definition) is 3. The highest BCUT2D eigenvalue weighted by Crippen LogP contribution is 2.05. The van der Waals surface area contributed by atoms with Crippen molar-refractivity contribution in [3.8, 4) is 0 Å². The van der Waals surface area contributed by atoms with Gasteiger partial charge < -0.3 is 15.5 Å². The highest BCUT2D eigenvalue weighted by atomic mass is 16.2. The van der Waals surface area contributed by atoms with Crippen molar-refractivity contribution in [1.29, 1.82) is 0 Å². The summed E-state index contributed by atoms with van der Waals surface area (Å²) in [6, 6.07) is 6.18. The maximum Gasteiger partial charge on any atom is 0.241 e. The number of aliphatic imine (C=N–C) groups is 1. The van der Waals surface area contributed by atoms with E-state index in [2.05, 4.69) is 34.5 Å². The molecule has 0 bridgehead atoms. The number of aromatic nitrogens is 1. The van der Waals surface area contributed by atoms with E-state index in [0.29, 0.717) is 18.5 Å². The molecule has 0 aliphatic carbocycles. The van der Waals surface area contributed by atoms with Crippen molar-refractivity contribution in [2.24, 2.45) is 4.99 Å². The number of nitrogens with one attached hydrogen (secondary N) is 2. The molecule has 1 aromatic heterocycles. The molecule has 0 aromatic carbocycles. The first kappa shape index (κ1) is 21.9. The van der Waals surface area contributed by atoms with Gasteiger partial charge in [0.25, 0.3) is 0 Å². The summed E-state index contributed by atoms with van der Waals surface area (Å²) in [4.78, 5) is 22.5. The zero-order valence-corrected chi connectivity index (χ0v) is 16.8. The summed E-state index contributed by atoms with van der Waals surface area (Å²) in [5.41, 5.74) is 0.995. The second kappa shape index (κ2) is 13.1. The maximum absolute atomic E-state index is 12.3. The first-order valence-corrected chi connectivity index (χ1v) is 9.67. The topological polar surface area (TPSA) is 69.6 Å². The van der Waals surface area contributed by atoms with Gasteiger partial charge in [0, 0.05) is 45.0 Å². The van der Waals surface area contributed by atoms with Crippen molar-refractivity contribution in [2.75, 3.05) is 27.2 Å². The van der Waals surface area contributed by atoms with Crippen molar-refractivity contribution in [3.05, 3.63) is 30.1 Å². The maximum atomic E-state index is 12.3. The van der Waals surface area contributed by atoms with Crippen LogP contribution in [0, 0.1) is 0 Å².